The number of hydrogen-bond donors (Lipinski definition) is 2. The number of piperidine rings is 1. The Hall–Kier alpha value is -0.610. The maximum Gasteiger partial charge on any atom is 0.324 e. The van der Waals surface area contributed by atoms with Crippen LogP contribution in [0.1, 0.15) is 59.3 Å². The van der Waals surface area contributed by atoms with E-state index < -0.39 is 11.5 Å². The first kappa shape index (κ1) is 15.8. The van der Waals surface area contributed by atoms with Crippen molar-refractivity contribution in [1.82, 2.24) is 10.2 Å². The maximum atomic E-state index is 11.7. The Morgan fingerprint density at radius 1 is 1.30 bits per heavy atom. The molecule has 4 nitrogen and oxygen atoms in total. The third-order valence-electron chi connectivity index (χ3n) is 4.96. The number of carbonyl (C=O) groups is 1. The zero-order valence-electron chi connectivity index (χ0n) is 13.2. The molecule has 2 fully saturated rings. The monoisotopic (exact) mass is 282 g/mol. The van der Waals surface area contributed by atoms with Gasteiger partial charge in [0.2, 0.25) is 0 Å². The van der Waals surface area contributed by atoms with E-state index >= 15 is 0 Å². The van der Waals surface area contributed by atoms with Crippen LogP contribution in [0.4, 0.5) is 0 Å². The number of fused-ring (bicyclic) bond motifs is 1. The Kier molecular flexibility index (Phi) is 5.08. The van der Waals surface area contributed by atoms with Gasteiger partial charge < -0.3 is 5.11 Å². The first-order chi connectivity index (χ1) is 9.42. The molecule has 0 aromatic heterocycles. The first-order valence-electron chi connectivity index (χ1n) is 8.17. The standard InChI is InChI=1S/C16H30N2O2/c1-12(2)17-16(3,15(19)20)11-18-10-6-8-13-7-4-5-9-14(13)18/h12-14,17H,4-11H2,1-3H3,(H,19,20). The van der Waals surface area contributed by atoms with Gasteiger partial charge in [-0.1, -0.05) is 12.8 Å². The van der Waals surface area contributed by atoms with Crippen LogP contribution in [0.15, 0.2) is 0 Å². The molecule has 0 bridgehead atoms. The molecule has 3 atom stereocenters. The lowest BCUT2D eigenvalue weighted by molar-refractivity contribution is -0.146. The van der Waals surface area contributed by atoms with Crippen molar-refractivity contribution in [3.63, 3.8) is 0 Å². The lowest BCUT2D eigenvalue weighted by atomic mass is 9.77. The van der Waals surface area contributed by atoms with Gasteiger partial charge in [-0.25, -0.2) is 0 Å². The molecule has 4 heteroatoms. The molecular formula is C16H30N2O2. The Labute approximate surface area is 122 Å². The quantitative estimate of drug-likeness (QED) is 0.813. The number of aliphatic carboxylic acids is 1. The molecular weight excluding hydrogens is 252 g/mol. The molecule has 1 aliphatic carbocycles. The topological polar surface area (TPSA) is 52.6 Å². The fourth-order valence-electron chi connectivity index (χ4n) is 4.14. The van der Waals surface area contributed by atoms with Gasteiger partial charge in [0.1, 0.15) is 5.54 Å². The van der Waals surface area contributed by atoms with E-state index in [4.69, 9.17) is 0 Å². The van der Waals surface area contributed by atoms with Gasteiger partial charge in [-0.05, 0) is 58.9 Å². The number of likely N-dealkylation sites (tertiary alicyclic amines) is 1. The minimum atomic E-state index is -0.840. The molecule has 1 aliphatic heterocycles. The lowest BCUT2D eigenvalue weighted by Gasteiger charge is -2.47. The lowest BCUT2D eigenvalue weighted by Crippen LogP contribution is -2.62. The van der Waals surface area contributed by atoms with Gasteiger partial charge in [-0.15, -0.1) is 0 Å². The van der Waals surface area contributed by atoms with Crippen LogP contribution in [0.2, 0.25) is 0 Å². The van der Waals surface area contributed by atoms with Crippen molar-refractivity contribution in [2.45, 2.75) is 76.9 Å². The van der Waals surface area contributed by atoms with Gasteiger partial charge in [0.25, 0.3) is 0 Å². The molecule has 2 rings (SSSR count). The van der Waals surface area contributed by atoms with Crippen molar-refractivity contribution in [3.05, 3.63) is 0 Å². The number of rotatable bonds is 5. The molecule has 1 saturated carbocycles. The second-order valence-electron chi connectivity index (χ2n) is 7.16. The normalized spacial score (nSPS) is 30.8. The molecule has 0 aromatic rings. The SMILES string of the molecule is CC(C)NC(C)(CN1CCCC2CCCCC21)C(=O)O. The molecule has 3 unspecified atom stereocenters. The zero-order chi connectivity index (χ0) is 14.8. The van der Waals surface area contributed by atoms with E-state index in [2.05, 4.69) is 10.2 Å². The van der Waals surface area contributed by atoms with E-state index in [1.807, 2.05) is 20.8 Å². The van der Waals surface area contributed by atoms with Gasteiger partial charge in [0.05, 0.1) is 0 Å². The van der Waals surface area contributed by atoms with Crippen LogP contribution < -0.4 is 5.32 Å². The summed E-state index contributed by atoms with van der Waals surface area (Å²) < 4.78 is 0. The second-order valence-corrected chi connectivity index (χ2v) is 7.16. The largest absolute Gasteiger partial charge is 0.480 e. The molecule has 0 amide bonds. The third-order valence-corrected chi connectivity index (χ3v) is 4.96. The van der Waals surface area contributed by atoms with Crippen LogP contribution in [0.3, 0.4) is 0 Å². The van der Waals surface area contributed by atoms with Crippen LogP contribution in [0, 0.1) is 5.92 Å². The van der Waals surface area contributed by atoms with E-state index in [0.29, 0.717) is 12.6 Å². The number of carboxylic acid groups (broad SMARTS) is 1. The van der Waals surface area contributed by atoms with Crippen molar-refractivity contribution in [3.8, 4) is 0 Å². The van der Waals surface area contributed by atoms with Crippen molar-refractivity contribution in [2.75, 3.05) is 13.1 Å². The summed E-state index contributed by atoms with van der Waals surface area (Å²) in [6, 6.07) is 0.799. The Bertz CT molecular complexity index is 343. The summed E-state index contributed by atoms with van der Waals surface area (Å²) in [4.78, 5) is 14.2. The molecule has 0 radical (unpaired) electrons. The van der Waals surface area contributed by atoms with Crippen LogP contribution in [-0.2, 0) is 4.79 Å². The predicted molar refractivity (Wildman–Crippen MR) is 80.9 cm³/mol. The Balaban J connectivity index is 2.06. The fourth-order valence-corrected chi connectivity index (χ4v) is 4.14. The molecule has 20 heavy (non-hydrogen) atoms. The minimum absolute atomic E-state index is 0.183. The molecule has 0 aromatic carbocycles. The van der Waals surface area contributed by atoms with Crippen LogP contribution in [0.5, 0.6) is 0 Å². The highest BCUT2D eigenvalue weighted by molar-refractivity contribution is 5.78. The third kappa shape index (κ3) is 3.53. The van der Waals surface area contributed by atoms with Crippen LogP contribution >= 0.6 is 0 Å². The highest BCUT2D eigenvalue weighted by Crippen LogP contribution is 2.35. The Morgan fingerprint density at radius 2 is 1.95 bits per heavy atom. The van der Waals surface area contributed by atoms with E-state index in [0.717, 1.165) is 12.5 Å². The zero-order valence-corrected chi connectivity index (χ0v) is 13.2. The number of hydrogen-bond acceptors (Lipinski definition) is 3. The van der Waals surface area contributed by atoms with Crippen molar-refractivity contribution < 1.29 is 9.90 Å². The summed E-state index contributed by atoms with van der Waals surface area (Å²) in [5.74, 6) is 0.0683. The first-order valence-corrected chi connectivity index (χ1v) is 8.17. The second kappa shape index (κ2) is 6.44. The van der Waals surface area contributed by atoms with Gasteiger partial charge >= 0.3 is 5.97 Å². The van der Waals surface area contributed by atoms with E-state index in [1.54, 1.807) is 0 Å². The highest BCUT2D eigenvalue weighted by atomic mass is 16.4. The number of nitrogens with one attached hydrogen (secondary N) is 1. The van der Waals surface area contributed by atoms with Crippen molar-refractivity contribution >= 4 is 5.97 Å². The summed E-state index contributed by atoms with van der Waals surface area (Å²) in [5, 5.41) is 12.9. The van der Waals surface area contributed by atoms with Gasteiger partial charge in [-0.2, -0.15) is 0 Å². The summed E-state index contributed by atoms with van der Waals surface area (Å²) in [5.41, 5.74) is -0.840. The van der Waals surface area contributed by atoms with Gasteiger partial charge in [0.15, 0.2) is 0 Å². The van der Waals surface area contributed by atoms with Crippen LogP contribution in [-0.4, -0.2) is 46.7 Å². The van der Waals surface area contributed by atoms with Crippen molar-refractivity contribution in [1.29, 1.82) is 0 Å². The smallest absolute Gasteiger partial charge is 0.324 e. The summed E-state index contributed by atoms with van der Waals surface area (Å²) >= 11 is 0. The predicted octanol–water partition coefficient (Wildman–Crippen LogP) is 2.48. The molecule has 1 heterocycles. The maximum absolute atomic E-state index is 11.7. The minimum Gasteiger partial charge on any atom is -0.480 e. The fraction of sp³-hybridized carbons (Fsp3) is 0.938. The van der Waals surface area contributed by atoms with E-state index in [-0.39, 0.29) is 6.04 Å². The molecule has 1 saturated heterocycles. The molecule has 0 spiro atoms. The molecule has 116 valence electrons. The average Bonchev–Trinajstić information content (AvgIpc) is 2.38. The summed E-state index contributed by atoms with van der Waals surface area (Å²) in [7, 11) is 0. The summed E-state index contributed by atoms with van der Waals surface area (Å²) in [6.07, 6.45) is 7.81. The van der Waals surface area contributed by atoms with Crippen LogP contribution in [0.25, 0.3) is 0 Å². The number of carboxylic acids is 1. The Morgan fingerprint density at radius 3 is 2.60 bits per heavy atom. The van der Waals surface area contributed by atoms with Crippen molar-refractivity contribution in [2.24, 2.45) is 5.92 Å². The molecule has 2 N–H and O–H groups in total. The van der Waals surface area contributed by atoms with Gasteiger partial charge in [0, 0.05) is 18.6 Å². The van der Waals surface area contributed by atoms with E-state index in [9.17, 15) is 9.90 Å². The average molecular weight is 282 g/mol. The highest BCUT2D eigenvalue weighted by Gasteiger charge is 2.40. The summed E-state index contributed by atoms with van der Waals surface area (Å²) in [6.45, 7) is 7.55. The number of nitrogens with zero attached hydrogens (tertiary/aromatic N) is 1. The van der Waals surface area contributed by atoms with E-state index in [1.165, 1.54) is 38.5 Å². The van der Waals surface area contributed by atoms with Gasteiger partial charge in [-0.3, -0.25) is 15.0 Å². The molecule has 2 aliphatic rings.